The van der Waals surface area contributed by atoms with Gasteiger partial charge in [-0.05, 0) is 176 Å². The molecule has 0 heterocycles. The molecular formula is C68H40. The molecule has 0 saturated heterocycles. The third kappa shape index (κ3) is 5.26. The van der Waals surface area contributed by atoms with Crippen molar-refractivity contribution in [3.05, 3.63) is 243 Å². The van der Waals surface area contributed by atoms with Crippen molar-refractivity contribution < 1.29 is 0 Å². The van der Waals surface area contributed by atoms with Gasteiger partial charge in [-0.15, -0.1) is 0 Å². The monoisotopic (exact) mass is 856 g/mol. The van der Waals surface area contributed by atoms with Gasteiger partial charge in [0, 0.05) is 0 Å². The molecule has 0 aliphatic heterocycles. The Bertz CT molecular complexity index is 4670. The lowest BCUT2D eigenvalue weighted by molar-refractivity contribution is 1.67. The van der Waals surface area contributed by atoms with Crippen molar-refractivity contribution >= 4 is 118 Å². The summed E-state index contributed by atoms with van der Waals surface area (Å²) < 4.78 is 0. The first-order chi connectivity index (χ1) is 33.8. The average molecular weight is 857 g/mol. The molecule has 312 valence electrons. The molecule has 0 heteroatoms. The molecule has 68 heavy (non-hydrogen) atoms. The fourth-order valence-corrected chi connectivity index (χ4v) is 12.3. The van der Waals surface area contributed by atoms with Crippen molar-refractivity contribution in [3.8, 4) is 33.4 Å². The Morgan fingerprint density at radius 3 is 0.956 bits per heavy atom. The lowest BCUT2D eigenvalue weighted by atomic mass is 9.80. The van der Waals surface area contributed by atoms with E-state index >= 15 is 0 Å². The molecule has 0 unspecified atom stereocenters. The van der Waals surface area contributed by atoms with Crippen LogP contribution in [-0.2, 0) is 0 Å². The summed E-state index contributed by atoms with van der Waals surface area (Å²) in [6, 6.07) is 91.3. The van der Waals surface area contributed by atoms with Crippen LogP contribution < -0.4 is 0 Å². The predicted octanol–water partition coefficient (Wildman–Crippen LogP) is 19.4. The molecule has 0 nitrogen and oxygen atoms in total. The van der Waals surface area contributed by atoms with E-state index in [0.717, 1.165) is 0 Å². The summed E-state index contributed by atoms with van der Waals surface area (Å²) in [5.74, 6) is 0. The van der Waals surface area contributed by atoms with Crippen LogP contribution in [0.25, 0.3) is 152 Å². The topological polar surface area (TPSA) is 0 Å². The molecular weight excluding hydrogens is 817 g/mol. The Morgan fingerprint density at radius 2 is 0.471 bits per heavy atom. The van der Waals surface area contributed by atoms with Crippen molar-refractivity contribution in [2.45, 2.75) is 0 Å². The minimum atomic E-state index is 1.20. The minimum Gasteiger partial charge on any atom is -0.0616 e. The summed E-state index contributed by atoms with van der Waals surface area (Å²) in [4.78, 5) is 0. The SMILES string of the molecule is c1ccc2cc(-c3ccc4c(-c5cc6c7ccccc7c7ccccc7c6c6ccccc56)c5ccccc5c(-c5cc6c7ccccc7c7ccccc7c6c6ccccc56)c4c3)ccc2c1. The van der Waals surface area contributed by atoms with E-state index in [1.165, 1.54) is 152 Å². The van der Waals surface area contributed by atoms with Crippen LogP contribution in [0.2, 0.25) is 0 Å². The highest BCUT2D eigenvalue weighted by atomic mass is 14.3. The summed E-state index contributed by atoms with van der Waals surface area (Å²) in [5, 5.41) is 28.0. The van der Waals surface area contributed by atoms with Gasteiger partial charge in [-0.1, -0.05) is 218 Å². The zero-order valence-corrected chi connectivity index (χ0v) is 37.1. The molecule has 0 N–H and O–H groups in total. The molecule has 15 aromatic carbocycles. The molecule has 0 atom stereocenters. The zero-order chi connectivity index (χ0) is 44.5. The summed E-state index contributed by atoms with van der Waals surface area (Å²) in [6.07, 6.45) is 0. The molecule has 15 rings (SSSR count). The van der Waals surface area contributed by atoms with Crippen molar-refractivity contribution in [2.24, 2.45) is 0 Å². The third-order valence-corrected chi connectivity index (χ3v) is 15.1. The number of benzene rings is 15. The maximum absolute atomic E-state index is 2.53. The lowest BCUT2D eigenvalue weighted by Crippen LogP contribution is -1.95. The Hall–Kier alpha value is -8.84. The number of rotatable bonds is 3. The van der Waals surface area contributed by atoms with Gasteiger partial charge in [0.2, 0.25) is 0 Å². The zero-order valence-electron chi connectivity index (χ0n) is 37.1. The van der Waals surface area contributed by atoms with Gasteiger partial charge in [-0.2, -0.15) is 0 Å². The highest BCUT2D eigenvalue weighted by Crippen LogP contribution is 2.52. The standard InChI is InChI=1S/C68H40/c1-2-18-42-37-43(34-33-41(42)17-1)44-35-36-59-60(38-44)68(64-40-62-50-24-6-4-20-46(50)48-22-8-12-28-54(48)66(62)56-30-14-10-26-52(56)64)58-32-16-15-31-57(58)67(59)63-39-61-49-23-5-3-19-45(49)47-21-7-11-27-53(47)65(61)55-29-13-9-25-51(55)63/h1-40H. The molecule has 0 spiro atoms. The number of hydrogen-bond acceptors (Lipinski definition) is 0. The summed E-state index contributed by atoms with van der Waals surface area (Å²) in [6.45, 7) is 0. The van der Waals surface area contributed by atoms with Crippen LogP contribution in [0.3, 0.4) is 0 Å². The molecule has 0 fully saturated rings. The predicted molar refractivity (Wildman–Crippen MR) is 295 cm³/mol. The first-order valence-electron chi connectivity index (χ1n) is 23.7. The van der Waals surface area contributed by atoms with E-state index in [-0.39, 0.29) is 0 Å². The Labute approximate surface area is 392 Å². The third-order valence-electron chi connectivity index (χ3n) is 15.1. The van der Waals surface area contributed by atoms with E-state index < -0.39 is 0 Å². The van der Waals surface area contributed by atoms with Crippen LogP contribution >= 0.6 is 0 Å². The van der Waals surface area contributed by atoms with E-state index in [9.17, 15) is 0 Å². The lowest BCUT2D eigenvalue weighted by Gasteiger charge is -2.23. The summed E-state index contributed by atoms with van der Waals surface area (Å²) in [7, 11) is 0. The van der Waals surface area contributed by atoms with Gasteiger partial charge in [0.25, 0.3) is 0 Å². The van der Waals surface area contributed by atoms with Crippen molar-refractivity contribution in [2.75, 3.05) is 0 Å². The number of hydrogen-bond donors (Lipinski definition) is 0. The van der Waals surface area contributed by atoms with E-state index in [4.69, 9.17) is 0 Å². The van der Waals surface area contributed by atoms with E-state index in [1.54, 1.807) is 0 Å². The van der Waals surface area contributed by atoms with Gasteiger partial charge in [-0.3, -0.25) is 0 Å². The van der Waals surface area contributed by atoms with Crippen molar-refractivity contribution in [3.63, 3.8) is 0 Å². The van der Waals surface area contributed by atoms with E-state index in [0.29, 0.717) is 0 Å². The first kappa shape index (κ1) is 37.4. The fourth-order valence-electron chi connectivity index (χ4n) is 12.3. The van der Waals surface area contributed by atoms with Gasteiger partial charge < -0.3 is 0 Å². The van der Waals surface area contributed by atoms with Gasteiger partial charge in [-0.25, -0.2) is 0 Å². The van der Waals surface area contributed by atoms with Crippen LogP contribution in [0.15, 0.2) is 243 Å². The molecule has 0 aliphatic rings. The second-order valence-electron chi connectivity index (χ2n) is 18.6. The molecule has 0 aliphatic carbocycles. The Kier molecular flexibility index (Phi) is 7.88. The van der Waals surface area contributed by atoms with Crippen LogP contribution in [0, 0.1) is 0 Å². The Morgan fingerprint density at radius 1 is 0.162 bits per heavy atom. The number of fused-ring (bicyclic) bond motifs is 19. The van der Waals surface area contributed by atoms with Crippen LogP contribution in [0.4, 0.5) is 0 Å². The second kappa shape index (κ2) is 14.3. The smallest absolute Gasteiger partial charge is 0.00197 e. The molecule has 0 saturated carbocycles. The quantitative estimate of drug-likeness (QED) is 0.123. The summed E-state index contributed by atoms with van der Waals surface area (Å²) in [5.41, 5.74) is 7.44. The van der Waals surface area contributed by atoms with E-state index in [1.807, 2.05) is 0 Å². The van der Waals surface area contributed by atoms with Gasteiger partial charge >= 0.3 is 0 Å². The first-order valence-corrected chi connectivity index (χ1v) is 23.7. The maximum atomic E-state index is 2.53. The van der Waals surface area contributed by atoms with Crippen LogP contribution in [-0.4, -0.2) is 0 Å². The highest BCUT2D eigenvalue weighted by Gasteiger charge is 2.24. The summed E-state index contributed by atoms with van der Waals surface area (Å²) >= 11 is 0. The second-order valence-corrected chi connectivity index (χ2v) is 18.6. The fraction of sp³-hybridized carbons (Fsp3) is 0. The van der Waals surface area contributed by atoms with E-state index in [2.05, 4.69) is 243 Å². The highest BCUT2D eigenvalue weighted by molar-refractivity contribution is 6.37. The molecule has 0 aromatic heterocycles. The van der Waals surface area contributed by atoms with Gasteiger partial charge in [0.1, 0.15) is 0 Å². The molecule has 0 radical (unpaired) electrons. The average Bonchev–Trinajstić information content (AvgIpc) is 3.41. The maximum Gasteiger partial charge on any atom is -0.00197 e. The molecule has 15 aromatic rings. The molecule has 0 bridgehead atoms. The largest absolute Gasteiger partial charge is 0.0616 e. The van der Waals surface area contributed by atoms with Gasteiger partial charge in [0.05, 0.1) is 0 Å². The van der Waals surface area contributed by atoms with Crippen LogP contribution in [0.5, 0.6) is 0 Å². The van der Waals surface area contributed by atoms with Crippen molar-refractivity contribution in [1.82, 2.24) is 0 Å². The normalized spacial score (nSPS) is 12.1. The minimum absolute atomic E-state index is 1.20. The van der Waals surface area contributed by atoms with Gasteiger partial charge in [0.15, 0.2) is 0 Å². The van der Waals surface area contributed by atoms with Crippen LogP contribution in [0.1, 0.15) is 0 Å². The Balaban J connectivity index is 1.14. The molecule has 0 amide bonds. The van der Waals surface area contributed by atoms with Crippen molar-refractivity contribution in [1.29, 1.82) is 0 Å².